The van der Waals surface area contributed by atoms with Crippen molar-refractivity contribution in [1.82, 2.24) is 19.7 Å². The number of hydrogen-bond acceptors (Lipinski definition) is 10. The molecule has 1 atom stereocenters. The van der Waals surface area contributed by atoms with Gasteiger partial charge in [-0.25, -0.2) is 0 Å². The second-order valence-corrected chi connectivity index (χ2v) is 9.38. The molecule has 2 heterocycles. The molecule has 1 aliphatic heterocycles. The normalized spacial score (nSPS) is 21.3. The molecule has 2 aliphatic rings. The fourth-order valence-electron chi connectivity index (χ4n) is 5.11. The SMILES string of the molecule is O=C([O-])CN1CCN(CC(=O)[O-])Cc2cccc(n2)C(CC2CCCCC2)N(CC(=O)[O-])CC1.[Y+3]. The molecule has 35 heavy (non-hydrogen) atoms. The van der Waals surface area contributed by atoms with Crippen LogP contribution in [0.15, 0.2) is 18.2 Å². The van der Waals surface area contributed by atoms with Gasteiger partial charge in [-0.1, -0.05) is 38.2 Å². The molecular formula is C24H33N4O6Y. The first kappa shape index (κ1) is 29.8. The summed E-state index contributed by atoms with van der Waals surface area (Å²) in [5.74, 6) is -3.20. The third-order valence-corrected chi connectivity index (χ3v) is 6.75. The van der Waals surface area contributed by atoms with Crippen LogP contribution in [-0.4, -0.2) is 83.4 Å². The van der Waals surface area contributed by atoms with E-state index in [9.17, 15) is 29.7 Å². The topological polar surface area (TPSA) is 143 Å². The van der Waals surface area contributed by atoms with Gasteiger partial charge in [0.1, 0.15) is 0 Å². The summed E-state index contributed by atoms with van der Waals surface area (Å²) in [5.41, 5.74) is 1.41. The van der Waals surface area contributed by atoms with Crippen LogP contribution in [0, 0.1) is 5.92 Å². The molecule has 0 amide bonds. The molecule has 1 aromatic rings. The van der Waals surface area contributed by atoms with Gasteiger partial charge in [0.15, 0.2) is 0 Å². The van der Waals surface area contributed by atoms with Crippen LogP contribution in [0.2, 0.25) is 0 Å². The van der Waals surface area contributed by atoms with Crippen molar-refractivity contribution in [1.29, 1.82) is 0 Å². The average molecular weight is 562 g/mol. The summed E-state index contributed by atoms with van der Waals surface area (Å²) in [4.78, 5) is 44.2. The predicted octanol–water partition coefficient (Wildman–Crippen LogP) is -2.24. The van der Waals surface area contributed by atoms with Crippen molar-refractivity contribution in [3.8, 4) is 0 Å². The van der Waals surface area contributed by atoms with Crippen molar-refractivity contribution in [3.63, 3.8) is 0 Å². The Morgan fingerprint density at radius 3 is 2.09 bits per heavy atom. The van der Waals surface area contributed by atoms with Gasteiger partial charge >= 0.3 is 32.7 Å². The van der Waals surface area contributed by atoms with Gasteiger partial charge in [0, 0.05) is 52.4 Å². The largest absolute Gasteiger partial charge is 3.00 e. The van der Waals surface area contributed by atoms with Gasteiger partial charge in [-0.05, 0) is 24.5 Å². The van der Waals surface area contributed by atoms with Crippen LogP contribution < -0.4 is 15.3 Å². The Morgan fingerprint density at radius 2 is 1.43 bits per heavy atom. The van der Waals surface area contributed by atoms with E-state index < -0.39 is 17.9 Å². The molecule has 11 heteroatoms. The monoisotopic (exact) mass is 562 g/mol. The van der Waals surface area contributed by atoms with Crippen LogP contribution in [0.4, 0.5) is 0 Å². The van der Waals surface area contributed by atoms with Gasteiger partial charge in [-0.2, -0.15) is 0 Å². The molecule has 1 aromatic heterocycles. The first-order valence-electron chi connectivity index (χ1n) is 12.0. The van der Waals surface area contributed by atoms with Gasteiger partial charge in [-0.3, -0.25) is 19.7 Å². The van der Waals surface area contributed by atoms with Gasteiger partial charge in [0.05, 0.1) is 35.3 Å². The van der Waals surface area contributed by atoms with E-state index in [1.54, 1.807) is 9.80 Å². The van der Waals surface area contributed by atoms with Crippen LogP contribution >= 0.6 is 0 Å². The molecule has 1 unspecified atom stereocenters. The molecule has 1 saturated carbocycles. The van der Waals surface area contributed by atoms with Gasteiger partial charge in [-0.15, -0.1) is 0 Å². The maximum atomic E-state index is 11.7. The molecule has 0 spiro atoms. The zero-order chi connectivity index (χ0) is 24.5. The molecule has 10 nitrogen and oxygen atoms in total. The quantitative estimate of drug-likeness (QED) is 0.341. The van der Waals surface area contributed by atoms with E-state index in [0.717, 1.165) is 37.8 Å². The van der Waals surface area contributed by atoms with Crippen LogP contribution in [0.25, 0.3) is 0 Å². The Balaban J connectivity index is 0.00000432. The Hall–Kier alpha value is -1.46. The molecule has 1 aliphatic carbocycles. The fraction of sp³-hybridized carbons (Fsp3) is 0.667. The minimum atomic E-state index is -1.24. The van der Waals surface area contributed by atoms with Crippen LogP contribution in [-0.2, 0) is 53.6 Å². The maximum absolute atomic E-state index is 11.7. The van der Waals surface area contributed by atoms with Gasteiger partial charge < -0.3 is 29.7 Å². The molecule has 188 valence electrons. The molecule has 0 saturated heterocycles. The van der Waals surface area contributed by atoms with E-state index in [0.29, 0.717) is 31.2 Å². The summed E-state index contributed by atoms with van der Waals surface area (Å²) in [7, 11) is 0. The number of carboxylic acid groups (broad SMARTS) is 3. The number of aliphatic carboxylic acids is 3. The number of nitrogens with zero attached hydrogens (tertiary/aromatic N) is 4. The standard InChI is InChI=1S/C24H36N4O6.Y/c29-22(30)15-26-9-10-27(16-23(31)32)14-19-7-4-8-20(25-19)21(13-18-5-2-1-3-6-18)28(12-11-26)17-24(33)34;/h4,7-8,18,21H,1-3,5-6,9-17H2,(H,29,30)(H,31,32)(H,33,34);/q;+3/p-3. The smallest absolute Gasteiger partial charge is 0.549 e. The molecule has 2 bridgehead atoms. The number of pyridine rings is 1. The minimum Gasteiger partial charge on any atom is -0.549 e. The Labute approximate surface area is 231 Å². The number of carbonyl (C=O) groups is 3. The Kier molecular flexibility index (Phi) is 12.7. The van der Waals surface area contributed by atoms with Crippen molar-refractivity contribution in [2.24, 2.45) is 5.92 Å². The number of hydrogen-bond donors (Lipinski definition) is 0. The summed E-state index contributed by atoms with van der Waals surface area (Å²) < 4.78 is 0. The summed E-state index contributed by atoms with van der Waals surface area (Å²) in [5, 5.41) is 34.3. The number of carboxylic acids is 3. The third-order valence-electron chi connectivity index (χ3n) is 6.75. The van der Waals surface area contributed by atoms with Gasteiger partial charge in [0.2, 0.25) is 0 Å². The zero-order valence-corrected chi connectivity index (χ0v) is 22.9. The van der Waals surface area contributed by atoms with Crippen molar-refractivity contribution >= 4 is 17.9 Å². The van der Waals surface area contributed by atoms with E-state index in [-0.39, 0.29) is 71.5 Å². The first-order chi connectivity index (χ1) is 16.3. The van der Waals surface area contributed by atoms with Crippen LogP contribution in [0.3, 0.4) is 0 Å². The Morgan fingerprint density at radius 1 is 0.829 bits per heavy atom. The predicted molar refractivity (Wildman–Crippen MR) is 116 cm³/mol. The molecule has 1 fully saturated rings. The molecular weight excluding hydrogens is 529 g/mol. The van der Waals surface area contributed by atoms with Crippen molar-refractivity contribution in [3.05, 3.63) is 29.6 Å². The van der Waals surface area contributed by atoms with Crippen molar-refractivity contribution < 1.29 is 62.4 Å². The molecule has 0 radical (unpaired) electrons. The van der Waals surface area contributed by atoms with Crippen LogP contribution in [0.1, 0.15) is 56.0 Å². The van der Waals surface area contributed by atoms with Crippen LogP contribution in [0.5, 0.6) is 0 Å². The van der Waals surface area contributed by atoms with E-state index in [1.807, 2.05) is 23.1 Å². The van der Waals surface area contributed by atoms with Crippen molar-refractivity contribution in [2.45, 2.75) is 51.1 Å². The summed E-state index contributed by atoms with van der Waals surface area (Å²) >= 11 is 0. The van der Waals surface area contributed by atoms with E-state index in [4.69, 9.17) is 4.98 Å². The van der Waals surface area contributed by atoms with E-state index in [1.165, 1.54) is 6.42 Å². The van der Waals surface area contributed by atoms with E-state index in [2.05, 4.69) is 0 Å². The molecule has 3 rings (SSSR count). The Bertz CT molecular complexity index is 851. The fourth-order valence-corrected chi connectivity index (χ4v) is 5.11. The number of aromatic nitrogens is 1. The molecule has 0 aromatic carbocycles. The summed E-state index contributed by atoms with van der Waals surface area (Å²) in [6, 6.07) is 5.30. The number of fused-ring (bicyclic) bond motifs is 2. The molecule has 0 N–H and O–H groups in total. The maximum Gasteiger partial charge on any atom is 3.00 e. The summed E-state index contributed by atoms with van der Waals surface area (Å²) in [6.07, 6.45) is 6.46. The second kappa shape index (κ2) is 14.9. The zero-order valence-electron chi connectivity index (χ0n) is 20.1. The van der Waals surface area contributed by atoms with E-state index >= 15 is 0 Å². The van der Waals surface area contributed by atoms with Crippen molar-refractivity contribution in [2.75, 3.05) is 45.8 Å². The minimum absolute atomic E-state index is 0. The number of rotatable bonds is 8. The summed E-state index contributed by atoms with van der Waals surface area (Å²) in [6.45, 7) is 0.540. The first-order valence-corrected chi connectivity index (χ1v) is 12.0. The number of carbonyl (C=O) groups excluding carboxylic acids is 3. The van der Waals surface area contributed by atoms with Gasteiger partial charge in [0.25, 0.3) is 0 Å². The average Bonchev–Trinajstić information content (AvgIpc) is 2.77. The third kappa shape index (κ3) is 10.2. The second-order valence-electron chi connectivity index (χ2n) is 9.38.